The molecule has 140 valence electrons. The van der Waals surface area contributed by atoms with Crippen LogP contribution < -0.4 is 0 Å². The molecule has 0 aromatic carbocycles. The molecular weight excluding hydrogens is 328 g/mol. The zero-order valence-corrected chi connectivity index (χ0v) is 15.5. The Hall–Kier alpha value is -2.18. The maximum absolute atomic E-state index is 12.5. The summed E-state index contributed by atoms with van der Waals surface area (Å²) >= 11 is 0. The summed E-state index contributed by atoms with van der Waals surface area (Å²) in [5, 5.41) is 8.82. The van der Waals surface area contributed by atoms with Gasteiger partial charge >= 0.3 is 0 Å². The molecule has 0 atom stereocenters. The van der Waals surface area contributed by atoms with Crippen molar-refractivity contribution in [2.75, 3.05) is 13.1 Å². The van der Waals surface area contributed by atoms with E-state index in [2.05, 4.69) is 24.6 Å². The minimum atomic E-state index is 0.356. The molecule has 1 saturated heterocycles. The zero-order chi connectivity index (χ0) is 17.9. The zero-order valence-electron chi connectivity index (χ0n) is 15.5. The second-order valence-electron chi connectivity index (χ2n) is 7.78. The van der Waals surface area contributed by atoms with Crippen molar-refractivity contribution in [3.63, 3.8) is 0 Å². The van der Waals surface area contributed by atoms with Crippen molar-refractivity contribution in [3.05, 3.63) is 30.4 Å². The average Bonchev–Trinajstić information content (AvgIpc) is 3.40. The Morgan fingerprint density at radius 3 is 2.62 bits per heavy atom. The fourth-order valence-electron chi connectivity index (χ4n) is 4.39. The van der Waals surface area contributed by atoms with E-state index in [1.165, 1.54) is 25.7 Å². The molecule has 7 heteroatoms. The predicted octanol–water partition coefficient (Wildman–Crippen LogP) is 2.35. The lowest BCUT2D eigenvalue weighted by Crippen LogP contribution is -2.39. The average molecular weight is 356 g/mol. The van der Waals surface area contributed by atoms with Gasteiger partial charge in [0.2, 0.25) is 5.91 Å². The summed E-state index contributed by atoms with van der Waals surface area (Å²) in [5.41, 5.74) is 0. The van der Waals surface area contributed by atoms with Crippen LogP contribution in [0.5, 0.6) is 0 Å². The third-order valence-corrected chi connectivity index (χ3v) is 6.03. The first-order chi connectivity index (χ1) is 12.7. The fourth-order valence-corrected chi connectivity index (χ4v) is 4.39. The number of likely N-dealkylation sites (tertiary alicyclic amines) is 1. The molecule has 26 heavy (non-hydrogen) atoms. The van der Waals surface area contributed by atoms with Gasteiger partial charge in [-0.15, -0.1) is 10.2 Å². The molecule has 2 aromatic heterocycles. The van der Waals surface area contributed by atoms with Crippen molar-refractivity contribution in [1.82, 2.24) is 29.2 Å². The number of aromatic nitrogens is 5. The van der Waals surface area contributed by atoms with Crippen molar-refractivity contribution >= 4 is 5.91 Å². The van der Waals surface area contributed by atoms with E-state index in [-0.39, 0.29) is 0 Å². The molecule has 2 aliphatic rings. The number of rotatable bonds is 5. The van der Waals surface area contributed by atoms with E-state index in [9.17, 15) is 4.79 Å². The highest BCUT2D eigenvalue weighted by Gasteiger charge is 2.29. The van der Waals surface area contributed by atoms with E-state index in [1.54, 1.807) is 12.5 Å². The van der Waals surface area contributed by atoms with Gasteiger partial charge in [0.1, 0.15) is 5.82 Å². The van der Waals surface area contributed by atoms with Gasteiger partial charge in [0, 0.05) is 44.9 Å². The van der Waals surface area contributed by atoms with Gasteiger partial charge < -0.3 is 14.0 Å². The van der Waals surface area contributed by atoms with Gasteiger partial charge in [-0.05, 0) is 31.6 Å². The summed E-state index contributed by atoms with van der Waals surface area (Å²) in [6, 6.07) is 0. The largest absolute Gasteiger partial charge is 0.343 e. The van der Waals surface area contributed by atoms with E-state index >= 15 is 0 Å². The molecule has 7 nitrogen and oxygen atoms in total. The smallest absolute Gasteiger partial charge is 0.222 e. The summed E-state index contributed by atoms with van der Waals surface area (Å²) in [6.07, 6.45) is 13.3. The van der Waals surface area contributed by atoms with Crippen LogP contribution in [0.1, 0.15) is 62.5 Å². The van der Waals surface area contributed by atoms with Crippen molar-refractivity contribution in [2.24, 2.45) is 13.0 Å². The second kappa shape index (κ2) is 7.60. The van der Waals surface area contributed by atoms with Crippen LogP contribution in [0.25, 0.3) is 0 Å². The first kappa shape index (κ1) is 17.2. The molecule has 0 radical (unpaired) electrons. The number of carbonyl (C=O) groups is 1. The maximum Gasteiger partial charge on any atom is 0.222 e. The lowest BCUT2D eigenvalue weighted by Gasteiger charge is -2.32. The number of amides is 1. The summed E-state index contributed by atoms with van der Waals surface area (Å²) in [4.78, 5) is 18.7. The van der Waals surface area contributed by atoms with Crippen LogP contribution in [0.15, 0.2) is 18.7 Å². The number of imidazole rings is 1. The normalized spacial score (nSPS) is 19.3. The molecule has 0 unspecified atom stereocenters. The highest BCUT2D eigenvalue weighted by Crippen LogP contribution is 2.30. The molecule has 4 rings (SSSR count). The molecule has 2 aromatic rings. The van der Waals surface area contributed by atoms with E-state index in [0.29, 0.717) is 24.3 Å². The lowest BCUT2D eigenvalue weighted by atomic mass is 9.95. The Morgan fingerprint density at radius 2 is 1.92 bits per heavy atom. The topological polar surface area (TPSA) is 68.8 Å². The van der Waals surface area contributed by atoms with Gasteiger partial charge in [0.25, 0.3) is 0 Å². The van der Waals surface area contributed by atoms with Crippen molar-refractivity contribution in [2.45, 2.75) is 57.4 Å². The van der Waals surface area contributed by atoms with Crippen molar-refractivity contribution in [3.8, 4) is 0 Å². The van der Waals surface area contributed by atoms with Crippen molar-refractivity contribution in [1.29, 1.82) is 0 Å². The number of carbonyl (C=O) groups excluding carboxylic acids is 1. The minimum Gasteiger partial charge on any atom is -0.343 e. The van der Waals surface area contributed by atoms with Crippen LogP contribution in [0.2, 0.25) is 0 Å². The lowest BCUT2D eigenvalue weighted by molar-refractivity contribution is -0.133. The van der Waals surface area contributed by atoms with Crippen molar-refractivity contribution < 1.29 is 4.79 Å². The van der Waals surface area contributed by atoms with Crippen LogP contribution >= 0.6 is 0 Å². The second-order valence-corrected chi connectivity index (χ2v) is 7.78. The van der Waals surface area contributed by atoms with Crippen LogP contribution in [0, 0.1) is 5.92 Å². The van der Waals surface area contributed by atoms with Crippen LogP contribution in [-0.4, -0.2) is 48.2 Å². The number of hydrogen-bond donors (Lipinski definition) is 0. The molecule has 0 bridgehead atoms. The minimum absolute atomic E-state index is 0.356. The quantitative estimate of drug-likeness (QED) is 0.825. The van der Waals surface area contributed by atoms with Crippen LogP contribution in [0.4, 0.5) is 0 Å². The third kappa shape index (κ3) is 3.66. The van der Waals surface area contributed by atoms with Gasteiger partial charge in [-0.25, -0.2) is 4.98 Å². The van der Waals surface area contributed by atoms with E-state index in [0.717, 1.165) is 44.0 Å². The number of nitrogens with zero attached hydrogens (tertiary/aromatic N) is 6. The molecule has 0 N–H and O–H groups in total. The first-order valence-corrected chi connectivity index (χ1v) is 9.82. The van der Waals surface area contributed by atoms with Gasteiger partial charge in [0.15, 0.2) is 5.82 Å². The van der Waals surface area contributed by atoms with E-state index in [4.69, 9.17) is 0 Å². The fraction of sp³-hybridized carbons (Fsp3) is 0.684. The standard InChI is InChI=1S/C19H28N6O/c1-23-17(13-24-11-8-20-14-24)21-22-19(23)16-6-9-25(10-7-16)18(26)12-15-4-2-3-5-15/h8,11,14-16H,2-7,9-10,12-13H2,1H3. The highest BCUT2D eigenvalue weighted by atomic mass is 16.2. The summed E-state index contributed by atoms with van der Waals surface area (Å²) in [7, 11) is 2.04. The summed E-state index contributed by atoms with van der Waals surface area (Å²) < 4.78 is 4.11. The number of hydrogen-bond acceptors (Lipinski definition) is 4. The molecule has 3 heterocycles. The predicted molar refractivity (Wildman–Crippen MR) is 97.5 cm³/mol. The molecule has 1 aliphatic heterocycles. The highest BCUT2D eigenvalue weighted by molar-refractivity contribution is 5.76. The Kier molecular flexibility index (Phi) is 5.04. The Balaban J connectivity index is 1.33. The summed E-state index contributed by atoms with van der Waals surface area (Å²) in [5.74, 6) is 3.36. The molecule has 1 aliphatic carbocycles. The third-order valence-electron chi connectivity index (χ3n) is 6.03. The van der Waals surface area contributed by atoms with Gasteiger partial charge in [-0.3, -0.25) is 4.79 Å². The molecular formula is C19H28N6O. The Morgan fingerprint density at radius 1 is 1.15 bits per heavy atom. The van der Waals surface area contributed by atoms with Gasteiger partial charge in [-0.2, -0.15) is 0 Å². The molecule has 1 saturated carbocycles. The van der Waals surface area contributed by atoms with E-state index < -0.39 is 0 Å². The molecule has 2 fully saturated rings. The first-order valence-electron chi connectivity index (χ1n) is 9.82. The molecule has 1 amide bonds. The monoisotopic (exact) mass is 356 g/mol. The Labute approximate surface area is 154 Å². The SMILES string of the molecule is Cn1c(Cn2ccnc2)nnc1C1CCN(C(=O)CC2CCCC2)CC1. The maximum atomic E-state index is 12.5. The van der Waals surface area contributed by atoms with E-state index in [1.807, 2.05) is 17.8 Å². The molecule has 0 spiro atoms. The van der Waals surface area contributed by atoms with Crippen LogP contribution in [-0.2, 0) is 18.4 Å². The van der Waals surface area contributed by atoms with Crippen LogP contribution in [0.3, 0.4) is 0 Å². The van der Waals surface area contributed by atoms with Gasteiger partial charge in [0.05, 0.1) is 12.9 Å². The summed E-state index contributed by atoms with van der Waals surface area (Å²) in [6.45, 7) is 2.38. The Bertz CT molecular complexity index is 723. The van der Waals surface area contributed by atoms with Gasteiger partial charge in [-0.1, -0.05) is 12.8 Å². The number of piperidine rings is 1.